The summed E-state index contributed by atoms with van der Waals surface area (Å²) in [6.07, 6.45) is 3.50. The third-order valence-corrected chi connectivity index (χ3v) is 6.05. The molecule has 0 amide bonds. The van der Waals surface area contributed by atoms with Gasteiger partial charge in [-0.1, -0.05) is 31.2 Å². The molecule has 0 radical (unpaired) electrons. The Kier molecular flexibility index (Phi) is 5.78. The van der Waals surface area contributed by atoms with E-state index in [0.717, 1.165) is 45.3 Å². The van der Waals surface area contributed by atoms with Crippen molar-refractivity contribution < 1.29 is 9.63 Å². The Bertz CT molecular complexity index is 751. The van der Waals surface area contributed by atoms with Gasteiger partial charge in [0.15, 0.2) is 0 Å². The van der Waals surface area contributed by atoms with Crippen molar-refractivity contribution in [2.75, 3.05) is 19.6 Å². The molecule has 0 spiro atoms. The van der Waals surface area contributed by atoms with Crippen LogP contribution in [0.4, 0.5) is 0 Å². The summed E-state index contributed by atoms with van der Waals surface area (Å²) >= 11 is 5.90. The average molecular weight is 391 g/mol. The van der Waals surface area contributed by atoms with Gasteiger partial charge in [-0.3, -0.25) is 4.90 Å². The fourth-order valence-corrected chi connectivity index (χ4v) is 4.49. The Labute approximate surface area is 164 Å². The maximum atomic E-state index is 10.1. The third kappa shape index (κ3) is 4.35. The number of hydrogen-bond donors (Lipinski definition) is 2. The number of piperidine rings is 2. The minimum Gasteiger partial charge on any atom is -0.393 e. The van der Waals surface area contributed by atoms with Gasteiger partial charge in [0.1, 0.15) is 0 Å². The second-order valence-corrected chi connectivity index (χ2v) is 8.07. The summed E-state index contributed by atoms with van der Waals surface area (Å²) in [6.45, 7) is 4.79. The smallest absolute Gasteiger partial charge is 0.263 e. The van der Waals surface area contributed by atoms with E-state index < -0.39 is 0 Å². The maximum Gasteiger partial charge on any atom is 0.263 e. The van der Waals surface area contributed by atoms with E-state index in [0.29, 0.717) is 11.8 Å². The molecule has 0 saturated carbocycles. The number of nitrogens with one attached hydrogen (secondary N) is 1. The number of aliphatic hydroxyl groups excluding tert-OH is 1. The van der Waals surface area contributed by atoms with E-state index in [2.05, 4.69) is 51.5 Å². The van der Waals surface area contributed by atoms with Crippen LogP contribution in [0.5, 0.6) is 0 Å². The van der Waals surface area contributed by atoms with Gasteiger partial charge >= 0.3 is 0 Å². The summed E-state index contributed by atoms with van der Waals surface area (Å²) in [5.74, 6) is 1.12. The first kappa shape index (κ1) is 18.9. The zero-order chi connectivity index (χ0) is 18.8. The number of benzene rings is 1. The molecule has 2 aliphatic rings. The Morgan fingerprint density at radius 1 is 1.22 bits per heavy atom. The summed E-state index contributed by atoms with van der Waals surface area (Å²) in [6, 6.07) is 8.92. The lowest BCUT2D eigenvalue weighted by molar-refractivity contribution is 0.0307. The van der Waals surface area contributed by atoms with Gasteiger partial charge in [-0.15, -0.1) is 0 Å². The van der Waals surface area contributed by atoms with Crippen molar-refractivity contribution in [3.63, 3.8) is 0 Å². The Balaban J connectivity index is 1.57. The number of rotatable bonds is 4. The summed E-state index contributed by atoms with van der Waals surface area (Å²) < 4.78 is 5.39. The molecule has 2 aromatic rings. The van der Waals surface area contributed by atoms with Crippen LogP contribution in [-0.2, 0) is 6.42 Å². The molecule has 2 N–H and O–H groups in total. The molecule has 2 saturated heterocycles. The number of aromatic nitrogens is 2. The van der Waals surface area contributed by atoms with Gasteiger partial charge in [0.05, 0.1) is 18.2 Å². The zero-order valence-electron chi connectivity index (χ0n) is 15.6. The second-order valence-electron chi connectivity index (χ2n) is 7.73. The van der Waals surface area contributed by atoms with E-state index in [9.17, 15) is 5.11 Å². The average Bonchev–Trinajstić information content (AvgIpc) is 3.14. The van der Waals surface area contributed by atoms with Crippen molar-refractivity contribution in [3.05, 3.63) is 46.6 Å². The number of halogens is 1. The number of nitrogens with zero attached hydrogens (tertiary/aromatic N) is 3. The number of hydrogen-bond acceptors (Lipinski definition) is 6. The monoisotopic (exact) mass is 390 g/mol. The Morgan fingerprint density at radius 3 is 2.67 bits per heavy atom. The first-order chi connectivity index (χ1) is 13.1. The van der Waals surface area contributed by atoms with Crippen molar-refractivity contribution in [3.8, 4) is 0 Å². The predicted molar refractivity (Wildman–Crippen MR) is 104 cm³/mol. The van der Waals surface area contributed by atoms with Gasteiger partial charge in [-0.05, 0) is 59.6 Å². The van der Waals surface area contributed by atoms with Crippen LogP contribution in [-0.4, -0.2) is 52.1 Å². The highest BCUT2D eigenvalue weighted by Crippen LogP contribution is 2.37. The molecule has 0 bridgehead atoms. The number of aliphatic hydroxyl groups is 1. The van der Waals surface area contributed by atoms with Crippen molar-refractivity contribution >= 4 is 11.6 Å². The van der Waals surface area contributed by atoms with Gasteiger partial charge in [-0.2, -0.15) is 4.98 Å². The minimum atomic E-state index is -0.239. The van der Waals surface area contributed by atoms with E-state index in [1.807, 2.05) is 0 Å². The van der Waals surface area contributed by atoms with Gasteiger partial charge in [0, 0.05) is 19.5 Å². The molecule has 3 heterocycles. The topological polar surface area (TPSA) is 74.4 Å². The highest BCUT2D eigenvalue weighted by Gasteiger charge is 2.36. The fourth-order valence-electron chi connectivity index (χ4n) is 4.37. The molecule has 27 heavy (non-hydrogen) atoms. The lowest BCUT2D eigenvalue weighted by Crippen LogP contribution is -2.55. The van der Waals surface area contributed by atoms with E-state index in [1.165, 1.54) is 11.1 Å². The molecule has 4 atom stereocenters. The molecule has 2 fully saturated rings. The van der Waals surface area contributed by atoms with E-state index in [4.69, 9.17) is 16.1 Å². The van der Waals surface area contributed by atoms with Gasteiger partial charge in [0.25, 0.3) is 5.28 Å². The third-order valence-electron chi connectivity index (χ3n) is 5.90. The van der Waals surface area contributed by atoms with Gasteiger partial charge in [-0.25, -0.2) is 0 Å². The highest BCUT2D eigenvalue weighted by atomic mass is 35.5. The largest absolute Gasteiger partial charge is 0.393 e. The lowest BCUT2D eigenvalue weighted by atomic mass is 9.83. The van der Waals surface area contributed by atoms with Crippen LogP contribution in [0.1, 0.15) is 55.0 Å². The number of likely N-dealkylation sites (tertiary alicyclic amines) is 1. The zero-order valence-corrected chi connectivity index (χ0v) is 16.4. The summed E-state index contributed by atoms with van der Waals surface area (Å²) in [7, 11) is 0. The van der Waals surface area contributed by atoms with Crippen molar-refractivity contribution in [1.29, 1.82) is 0 Å². The molecule has 7 heteroatoms. The van der Waals surface area contributed by atoms with Gasteiger partial charge < -0.3 is 14.9 Å². The van der Waals surface area contributed by atoms with Gasteiger partial charge in [0.2, 0.25) is 5.89 Å². The SMILES string of the molecule is CCc1ccc(C2CC(c3nc(Cl)no3)CN(C3CC(O)CCN3)C2)cc1. The first-order valence-corrected chi connectivity index (χ1v) is 10.2. The molecule has 0 aliphatic carbocycles. The fraction of sp³-hybridized carbons (Fsp3) is 0.600. The Morgan fingerprint density at radius 2 is 2.00 bits per heavy atom. The van der Waals surface area contributed by atoms with Crippen molar-refractivity contribution in [1.82, 2.24) is 20.4 Å². The van der Waals surface area contributed by atoms with Crippen LogP contribution in [0.25, 0.3) is 0 Å². The van der Waals surface area contributed by atoms with Crippen LogP contribution in [0, 0.1) is 0 Å². The first-order valence-electron chi connectivity index (χ1n) is 9.85. The molecular formula is C20H27ClN4O2. The Hall–Kier alpha value is -1.47. The van der Waals surface area contributed by atoms with Crippen molar-refractivity contribution in [2.24, 2.45) is 0 Å². The normalized spacial score (nSPS) is 29.7. The van der Waals surface area contributed by atoms with Crippen LogP contribution in [0.15, 0.2) is 28.8 Å². The molecule has 6 nitrogen and oxygen atoms in total. The van der Waals surface area contributed by atoms with E-state index in [-0.39, 0.29) is 23.5 Å². The molecule has 4 unspecified atom stereocenters. The van der Waals surface area contributed by atoms with E-state index in [1.54, 1.807) is 0 Å². The van der Waals surface area contributed by atoms with E-state index >= 15 is 0 Å². The predicted octanol–water partition coefficient (Wildman–Crippen LogP) is 2.93. The molecule has 146 valence electrons. The summed E-state index contributed by atoms with van der Waals surface area (Å²) in [5, 5.41) is 17.6. The quantitative estimate of drug-likeness (QED) is 0.836. The lowest BCUT2D eigenvalue weighted by Gasteiger charge is -2.43. The van der Waals surface area contributed by atoms with Crippen LogP contribution < -0.4 is 5.32 Å². The standard InChI is InChI=1S/C20H27ClN4O2/c1-2-13-3-5-14(6-4-13)15-9-16(19-23-20(21)24-27-19)12-25(11-15)18-10-17(26)7-8-22-18/h3-6,15-18,22,26H,2,7-12H2,1H3. The second kappa shape index (κ2) is 8.27. The number of aryl methyl sites for hydroxylation is 1. The molecule has 2 aliphatic heterocycles. The van der Waals surface area contributed by atoms with Crippen LogP contribution in [0.3, 0.4) is 0 Å². The molecule has 1 aromatic carbocycles. The summed E-state index contributed by atoms with van der Waals surface area (Å²) in [4.78, 5) is 6.70. The minimum absolute atomic E-state index is 0.135. The molecular weight excluding hydrogens is 364 g/mol. The summed E-state index contributed by atoms with van der Waals surface area (Å²) in [5.41, 5.74) is 2.69. The van der Waals surface area contributed by atoms with Crippen molar-refractivity contribution in [2.45, 2.75) is 56.7 Å². The highest BCUT2D eigenvalue weighted by molar-refractivity contribution is 6.28. The molecule has 4 rings (SSSR count). The molecule has 1 aromatic heterocycles. The van der Waals surface area contributed by atoms with Crippen LogP contribution >= 0.6 is 11.6 Å². The maximum absolute atomic E-state index is 10.1. The van der Waals surface area contributed by atoms with Crippen LogP contribution in [0.2, 0.25) is 5.28 Å².